The van der Waals surface area contributed by atoms with Gasteiger partial charge in [-0.15, -0.1) is 0 Å². The smallest absolute Gasteiger partial charge is 0.268 e. The second-order valence-corrected chi connectivity index (χ2v) is 4.71. The number of rotatable bonds is 2. The normalized spacial score (nSPS) is 21.3. The lowest BCUT2D eigenvalue weighted by molar-refractivity contribution is -0.125. The summed E-state index contributed by atoms with van der Waals surface area (Å²) in [6, 6.07) is 4.95. The molecule has 1 aromatic carbocycles. The van der Waals surface area contributed by atoms with E-state index in [1.165, 1.54) is 0 Å². The lowest BCUT2D eigenvalue weighted by Gasteiger charge is -2.18. The number of carbonyl (C=O) groups is 2. The molecule has 1 aromatic rings. The molecule has 2 aliphatic heterocycles. The van der Waals surface area contributed by atoms with Gasteiger partial charge >= 0.3 is 0 Å². The average molecular weight is 261 g/mol. The molecule has 0 bridgehead atoms. The Labute approximate surface area is 110 Å². The van der Waals surface area contributed by atoms with E-state index >= 15 is 0 Å². The van der Waals surface area contributed by atoms with Crippen molar-refractivity contribution in [2.45, 2.75) is 18.9 Å². The molecule has 2 amide bonds. The third-order valence-electron chi connectivity index (χ3n) is 3.35. The van der Waals surface area contributed by atoms with Gasteiger partial charge in [0.25, 0.3) is 11.8 Å². The highest BCUT2D eigenvalue weighted by molar-refractivity contribution is 5.98. The number of carbonyl (C=O) groups excluding carboxylic acids is 2. The van der Waals surface area contributed by atoms with E-state index in [0.717, 1.165) is 30.6 Å². The summed E-state index contributed by atoms with van der Waals surface area (Å²) < 4.78 is 0. The zero-order valence-electron chi connectivity index (χ0n) is 10.4. The van der Waals surface area contributed by atoms with Crippen molar-refractivity contribution < 1.29 is 14.4 Å². The van der Waals surface area contributed by atoms with Crippen molar-refractivity contribution in [3.05, 3.63) is 29.3 Å². The maximum Gasteiger partial charge on any atom is 0.268 e. The van der Waals surface area contributed by atoms with Gasteiger partial charge in [-0.25, -0.2) is 5.48 Å². The predicted octanol–water partition coefficient (Wildman–Crippen LogP) is 0.204. The highest BCUT2D eigenvalue weighted by Crippen LogP contribution is 2.22. The van der Waals surface area contributed by atoms with E-state index in [4.69, 9.17) is 4.84 Å². The summed E-state index contributed by atoms with van der Waals surface area (Å²) >= 11 is 0. The number of benzene rings is 1. The summed E-state index contributed by atoms with van der Waals surface area (Å²) in [5.74, 6) is -0.563. The van der Waals surface area contributed by atoms with Crippen molar-refractivity contribution in [1.82, 2.24) is 10.8 Å². The molecule has 3 N–H and O–H groups in total. The first-order valence-corrected chi connectivity index (χ1v) is 6.33. The van der Waals surface area contributed by atoms with Crippen LogP contribution in [0.15, 0.2) is 18.2 Å². The van der Waals surface area contributed by atoms with E-state index in [1.807, 2.05) is 12.1 Å². The minimum Gasteiger partial charge on any atom is -0.385 e. The molecular formula is C13H15N3O3. The van der Waals surface area contributed by atoms with Crippen LogP contribution in [0.3, 0.4) is 0 Å². The van der Waals surface area contributed by atoms with Gasteiger partial charge < -0.3 is 10.6 Å². The molecule has 19 heavy (non-hydrogen) atoms. The lowest BCUT2D eigenvalue weighted by Crippen LogP contribution is -2.41. The van der Waals surface area contributed by atoms with Gasteiger partial charge in [-0.3, -0.25) is 14.4 Å². The summed E-state index contributed by atoms with van der Waals surface area (Å²) in [6.07, 6.45) is 2.04. The predicted molar refractivity (Wildman–Crippen MR) is 68.6 cm³/mol. The number of hydroxylamine groups is 1. The number of anilines is 1. The zero-order valence-corrected chi connectivity index (χ0v) is 10.4. The second kappa shape index (κ2) is 4.89. The minimum absolute atomic E-state index is 0.164. The van der Waals surface area contributed by atoms with Crippen LogP contribution in [0.25, 0.3) is 0 Å². The van der Waals surface area contributed by atoms with E-state index in [-0.39, 0.29) is 18.4 Å². The standard InChI is InChI=1S/C13H15N3O3/c17-12(15-11-7-19-16-13(11)18)9-3-4-10-8(6-9)2-1-5-14-10/h3-4,6,11,14H,1-2,5,7H2,(H,15,17)(H,16,18)/t11-/m1/s1. The first kappa shape index (κ1) is 12.0. The topological polar surface area (TPSA) is 79.5 Å². The summed E-state index contributed by atoms with van der Waals surface area (Å²) in [5.41, 5.74) is 5.02. The Bertz CT molecular complexity index is 530. The summed E-state index contributed by atoms with van der Waals surface area (Å²) in [4.78, 5) is 28.2. The van der Waals surface area contributed by atoms with Crippen LogP contribution in [0.5, 0.6) is 0 Å². The van der Waals surface area contributed by atoms with Gasteiger partial charge in [0.15, 0.2) is 0 Å². The minimum atomic E-state index is -0.610. The third kappa shape index (κ3) is 2.39. The molecule has 1 saturated heterocycles. The average Bonchev–Trinajstić information content (AvgIpc) is 2.84. The molecule has 100 valence electrons. The summed E-state index contributed by atoms with van der Waals surface area (Å²) in [5, 5.41) is 5.95. The molecule has 0 spiro atoms. The van der Waals surface area contributed by atoms with E-state index in [2.05, 4.69) is 16.1 Å². The van der Waals surface area contributed by atoms with Crippen LogP contribution in [-0.4, -0.2) is 31.0 Å². The highest BCUT2D eigenvalue weighted by Gasteiger charge is 2.27. The van der Waals surface area contributed by atoms with E-state index in [9.17, 15) is 9.59 Å². The van der Waals surface area contributed by atoms with Crippen LogP contribution in [0.4, 0.5) is 5.69 Å². The fraction of sp³-hybridized carbons (Fsp3) is 0.385. The van der Waals surface area contributed by atoms with Crippen LogP contribution in [0.1, 0.15) is 22.3 Å². The van der Waals surface area contributed by atoms with Crippen molar-refractivity contribution in [2.24, 2.45) is 0 Å². The van der Waals surface area contributed by atoms with Gasteiger partial charge in [-0.05, 0) is 36.6 Å². The van der Waals surface area contributed by atoms with Gasteiger partial charge in [0, 0.05) is 17.8 Å². The first-order valence-electron chi connectivity index (χ1n) is 6.33. The molecule has 0 radical (unpaired) electrons. The van der Waals surface area contributed by atoms with E-state index in [0.29, 0.717) is 5.56 Å². The fourth-order valence-electron chi connectivity index (χ4n) is 2.31. The molecule has 0 unspecified atom stereocenters. The van der Waals surface area contributed by atoms with E-state index in [1.54, 1.807) is 6.07 Å². The molecule has 6 nitrogen and oxygen atoms in total. The zero-order chi connectivity index (χ0) is 13.2. The Morgan fingerprint density at radius 3 is 3.11 bits per heavy atom. The number of aryl methyl sites for hydroxylation is 1. The van der Waals surface area contributed by atoms with Crippen LogP contribution in [-0.2, 0) is 16.1 Å². The molecule has 2 aliphatic rings. The molecule has 0 aliphatic carbocycles. The van der Waals surface area contributed by atoms with E-state index < -0.39 is 6.04 Å². The van der Waals surface area contributed by atoms with Crippen LogP contribution >= 0.6 is 0 Å². The van der Waals surface area contributed by atoms with Crippen LogP contribution in [0.2, 0.25) is 0 Å². The third-order valence-corrected chi connectivity index (χ3v) is 3.35. The Balaban J connectivity index is 1.74. The van der Waals surface area contributed by atoms with Crippen molar-refractivity contribution in [3.8, 4) is 0 Å². The molecule has 0 saturated carbocycles. The highest BCUT2D eigenvalue weighted by atomic mass is 16.7. The molecular weight excluding hydrogens is 246 g/mol. The van der Waals surface area contributed by atoms with Gasteiger partial charge in [0.1, 0.15) is 12.6 Å². The van der Waals surface area contributed by atoms with Crippen molar-refractivity contribution in [2.75, 3.05) is 18.5 Å². The number of amides is 2. The Hall–Kier alpha value is -2.08. The van der Waals surface area contributed by atoms with Gasteiger partial charge in [-0.1, -0.05) is 0 Å². The van der Waals surface area contributed by atoms with Gasteiger partial charge in [0.2, 0.25) is 0 Å². The second-order valence-electron chi connectivity index (χ2n) is 4.71. The van der Waals surface area contributed by atoms with Crippen molar-refractivity contribution in [3.63, 3.8) is 0 Å². The Kier molecular flexibility index (Phi) is 3.08. The maximum absolute atomic E-state index is 12.1. The monoisotopic (exact) mass is 261 g/mol. The Morgan fingerprint density at radius 1 is 1.42 bits per heavy atom. The van der Waals surface area contributed by atoms with Crippen LogP contribution in [0, 0.1) is 0 Å². The SMILES string of the molecule is O=C(N[C@@H]1CONC1=O)c1ccc2c(c1)CCCN2. The Morgan fingerprint density at radius 2 is 2.32 bits per heavy atom. The van der Waals surface area contributed by atoms with Crippen LogP contribution < -0.4 is 16.1 Å². The van der Waals surface area contributed by atoms with Gasteiger partial charge in [0.05, 0.1) is 0 Å². The van der Waals surface area contributed by atoms with Crippen molar-refractivity contribution in [1.29, 1.82) is 0 Å². The molecule has 0 aromatic heterocycles. The van der Waals surface area contributed by atoms with Gasteiger partial charge in [-0.2, -0.15) is 0 Å². The summed E-state index contributed by atoms with van der Waals surface area (Å²) in [6.45, 7) is 1.13. The molecule has 1 atom stereocenters. The largest absolute Gasteiger partial charge is 0.385 e. The fourth-order valence-corrected chi connectivity index (χ4v) is 2.31. The number of hydrogen-bond donors (Lipinski definition) is 3. The summed E-state index contributed by atoms with van der Waals surface area (Å²) in [7, 11) is 0. The molecule has 6 heteroatoms. The maximum atomic E-state index is 12.1. The molecule has 1 fully saturated rings. The number of fused-ring (bicyclic) bond motifs is 1. The molecule has 3 rings (SSSR count). The first-order chi connectivity index (χ1) is 9.24. The molecule has 2 heterocycles. The number of hydrogen-bond acceptors (Lipinski definition) is 4. The number of nitrogens with one attached hydrogen (secondary N) is 3. The lowest BCUT2D eigenvalue weighted by atomic mass is 10.0. The van der Waals surface area contributed by atoms with Crippen molar-refractivity contribution >= 4 is 17.5 Å². The quantitative estimate of drug-likeness (QED) is 0.711.